The van der Waals surface area contributed by atoms with Crippen LogP contribution in [0.2, 0.25) is 0 Å². The largest absolute Gasteiger partial charge is 0.392 e. The highest BCUT2D eigenvalue weighted by Crippen LogP contribution is 2.23. The maximum Gasteiger partial charge on any atom is 0.392 e. The van der Waals surface area contributed by atoms with Gasteiger partial charge in [0.1, 0.15) is 0 Å². The van der Waals surface area contributed by atoms with E-state index in [-0.39, 0.29) is 11.9 Å². The van der Waals surface area contributed by atoms with E-state index in [1.807, 2.05) is 4.90 Å². The number of aliphatic hydroxyl groups excluding tert-OH is 1. The highest BCUT2D eigenvalue weighted by atomic mass is 16.3. The van der Waals surface area contributed by atoms with Crippen LogP contribution in [0.15, 0.2) is 4.99 Å². The predicted octanol–water partition coefficient (Wildman–Crippen LogP) is -0.0838. The molecule has 0 aliphatic carbocycles. The van der Waals surface area contributed by atoms with Crippen LogP contribution >= 0.6 is 0 Å². The minimum atomic E-state index is -0.634. The third-order valence-corrected chi connectivity index (χ3v) is 4.86. The summed E-state index contributed by atoms with van der Waals surface area (Å²) >= 11 is 0. The van der Waals surface area contributed by atoms with Crippen molar-refractivity contribution in [1.29, 1.82) is 0 Å². The monoisotopic (exact) mass is 336 g/mol. The number of β-amino-alcohol motifs (C(OH)–C–C–N with tert-alkyl or cyclic N) is 1. The summed E-state index contributed by atoms with van der Waals surface area (Å²) in [4.78, 5) is 34.0. The third kappa shape index (κ3) is 2.79. The van der Waals surface area contributed by atoms with Crippen molar-refractivity contribution < 1.29 is 19.3 Å². The molecule has 2 saturated heterocycles. The first kappa shape index (κ1) is 16.9. The van der Waals surface area contributed by atoms with Gasteiger partial charge in [0, 0.05) is 14.1 Å². The summed E-state index contributed by atoms with van der Waals surface area (Å²) in [5.41, 5.74) is 0. The summed E-state index contributed by atoms with van der Waals surface area (Å²) < 4.78 is 2.19. The molecule has 132 valence electrons. The average Bonchev–Trinajstić information content (AvgIpc) is 2.73. The number of imide groups is 1. The number of aliphatic imine (C=N–C) groups is 1. The van der Waals surface area contributed by atoms with Crippen LogP contribution in [0.5, 0.6) is 0 Å². The van der Waals surface area contributed by atoms with Crippen LogP contribution in [0.4, 0.5) is 4.79 Å². The Hall–Kier alpha value is -1.96. The molecule has 3 rings (SSSR count). The van der Waals surface area contributed by atoms with Crippen molar-refractivity contribution >= 4 is 23.7 Å². The van der Waals surface area contributed by atoms with E-state index in [1.165, 1.54) is 24.8 Å². The molecule has 0 aromatic rings. The molecule has 1 N–H and O–H groups in total. The van der Waals surface area contributed by atoms with E-state index in [9.17, 15) is 14.7 Å². The molecule has 2 unspecified atom stereocenters. The Morgan fingerprint density at radius 3 is 2.38 bits per heavy atom. The second kappa shape index (κ2) is 6.51. The van der Waals surface area contributed by atoms with Crippen molar-refractivity contribution in [3.05, 3.63) is 0 Å². The number of hydrogen-bond donors (Lipinski definition) is 1. The summed E-state index contributed by atoms with van der Waals surface area (Å²) in [6.07, 6.45) is 3.97. The standard InChI is InChI=1S/C16H26N5O3/c1-11(22)10-21-12-13(18(2)16(24)19(3)14(12)23)17-15(21)20-8-6-4-5-7-9-20/h11-12,22H,4-10H2,1-3H3/q+1. The molecule has 3 heterocycles. The Kier molecular flexibility index (Phi) is 4.58. The van der Waals surface area contributed by atoms with Crippen LogP contribution in [0.3, 0.4) is 0 Å². The molecule has 0 bridgehead atoms. The Morgan fingerprint density at radius 2 is 1.79 bits per heavy atom. The minimum absolute atomic E-state index is 0.290. The number of guanidine groups is 1. The molecule has 8 nitrogen and oxygen atoms in total. The molecule has 3 amide bonds. The number of likely N-dealkylation sites (N-methyl/N-ethyl adjacent to an activating group) is 2. The second-order valence-corrected chi connectivity index (χ2v) is 6.81. The average molecular weight is 336 g/mol. The van der Waals surface area contributed by atoms with Crippen LogP contribution in [0.25, 0.3) is 0 Å². The summed E-state index contributed by atoms with van der Waals surface area (Å²) in [6, 6.07) is -1.00. The number of hydrogen-bond acceptors (Lipinski definition) is 3. The Balaban J connectivity index is 2.04. The Bertz CT molecular complexity index is 603. The van der Waals surface area contributed by atoms with Crippen molar-refractivity contribution in [3.8, 4) is 0 Å². The quantitative estimate of drug-likeness (QED) is 0.715. The first-order chi connectivity index (χ1) is 11.4. The highest BCUT2D eigenvalue weighted by Gasteiger charge is 2.55. The number of amidine groups is 1. The van der Waals surface area contributed by atoms with Gasteiger partial charge in [0.2, 0.25) is 11.9 Å². The first-order valence-corrected chi connectivity index (χ1v) is 8.62. The van der Waals surface area contributed by atoms with Crippen LogP contribution in [-0.4, -0.2) is 94.0 Å². The Labute approximate surface area is 142 Å². The molecule has 0 aromatic carbocycles. The van der Waals surface area contributed by atoms with Gasteiger partial charge in [-0.2, -0.15) is 0 Å². The normalized spacial score (nSPS) is 26.6. The smallest absolute Gasteiger partial charge is 0.390 e. The zero-order valence-corrected chi connectivity index (χ0v) is 14.6. The fourth-order valence-electron chi connectivity index (χ4n) is 3.58. The van der Waals surface area contributed by atoms with E-state index in [1.54, 1.807) is 14.0 Å². The predicted molar refractivity (Wildman–Crippen MR) is 89.0 cm³/mol. The van der Waals surface area contributed by atoms with Gasteiger partial charge in [-0.05, 0) is 19.8 Å². The number of fused-ring (bicyclic) bond motifs is 1. The topological polar surface area (TPSA) is 79.5 Å². The molecule has 0 radical (unpaired) electrons. The zero-order valence-electron chi connectivity index (χ0n) is 14.6. The van der Waals surface area contributed by atoms with E-state index >= 15 is 0 Å². The third-order valence-electron chi connectivity index (χ3n) is 4.86. The van der Waals surface area contributed by atoms with Gasteiger partial charge in [-0.25, -0.2) is 9.69 Å². The SMILES string of the molecule is CC(O)CN1C(=[N+]2CCCCCC2)N=C2C1C(=O)N(C)C(=O)N2C. The maximum absolute atomic E-state index is 12.7. The van der Waals surface area contributed by atoms with Gasteiger partial charge in [0.05, 0.1) is 25.7 Å². The fourth-order valence-corrected chi connectivity index (χ4v) is 3.58. The molecule has 2 fully saturated rings. The van der Waals surface area contributed by atoms with E-state index in [2.05, 4.69) is 9.57 Å². The lowest BCUT2D eigenvalue weighted by molar-refractivity contribution is -0.531. The molecule has 0 spiro atoms. The fraction of sp³-hybridized carbons (Fsp3) is 0.750. The number of aliphatic hydroxyl groups is 1. The number of amides is 3. The molecule has 0 saturated carbocycles. The van der Waals surface area contributed by atoms with Crippen molar-refractivity contribution in [3.63, 3.8) is 0 Å². The molecule has 24 heavy (non-hydrogen) atoms. The molecular formula is C16H26N5O3+. The lowest BCUT2D eigenvalue weighted by Crippen LogP contribution is -2.63. The molecule has 2 atom stereocenters. The lowest BCUT2D eigenvalue weighted by Gasteiger charge is -2.33. The molecular weight excluding hydrogens is 310 g/mol. The number of urea groups is 1. The number of rotatable bonds is 2. The van der Waals surface area contributed by atoms with Crippen molar-refractivity contribution in [2.45, 2.75) is 44.8 Å². The molecule has 3 aliphatic heterocycles. The molecule has 0 aromatic heterocycles. The van der Waals surface area contributed by atoms with Crippen LogP contribution in [0.1, 0.15) is 32.6 Å². The summed E-state index contributed by atoms with van der Waals surface area (Å²) in [6.45, 7) is 3.78. The van der Waals surface area contributed by atoms with Crippen LogP contribution in [-0.2, 0) is 4.79 Å². The van der Waals surface area contributed by atoms with Gasteiger partial charge in [0.25, 0.3) is 5.91 Å². The van der Waals surface area contributed by atoms with Gasteiger partial charge < -0.3 is 5.11 Å². The first-order valence-electron chi connectivity index (χ1n) is 8.62. The molecule has 3 aliphatic rings. The number of nitrogens with zero attached hydrogens (tertiary/aromatic N) is 5. The van der Waals surface area contributed by atoms with Crippen LogP contribution < -0.4 is 0 Å². The van der Waals surface area contributed by atoms with E-state index in [4.69, 9.17) is 0 Å². The van der Waals surface area contributed by atoms with Crippen LogP contribution in [0, 0.1) is 0 Å². The number of carbonyl (C=O) groups is 2. The van der Waals surface area contributed by atoms with Gasteiger partial charge >= 0.3 is 12.0 Å². The van der Waals surface area contributed by atoms with Gasteiger partial charge in [0.15, 0.2) is 0 Å². The maximum atomic E-state index is 12.7. The van der Waals surface area contributed by atoms with E-state index in [0.29, 0.717) is 18.3 Å². The number of carbonyl (C=O) groups excluding carboxylic acids is 2. The zero-order chi connectivity index (χ0) is 17.4. The minimum Gasteiger partial charge on any atom is -0.390 e. The van der Waals surface area contributed by atoms with Crippen molar-refractivity contribution in [2.75, 3.05) is 33.7 Å². The van der Waals surface area contributed by atoms with Gasteiger partial charge in [-0.3, -0.25) is 19.2 Å². The van der Waals surface area contributed by atoms with Gasteiger partial charge in [-0.1, -0.05) is 17.8 Å². The van der Waals surface area contributed by atoms with Crippen molar-refractivity contribution in [1.82, 2.24) is 14.7 Å². The van der Waals surface area contributed by atoms with E-state index in [0.717, 1.165) is 30.8 Å². The Morgan fingerprint density at radius 1 is 1.17 bits per heavy atom. The summed E-state index contributed by atoms with van der Waals surface area (Å²) in [5.74, 6) is 0.881. The summed E-state index contributed by atoms with van der Waals surface area (Å²) in [5, 5.41) is 9.91. The van der Waals surface area contributed by atoms with E-state index < -0.39 is 12.1 Å². The lowest BCUT2D eigenvalue weighted by atomic mass is 10.1. The van der Waals surface area contributed by atoms with Gasteiger partial charge in [-0.15, -0.1) is 0 Å². The summed E-state index contributed by atoms with van der Waals surface area (Å²) in [7, 11) is 3.13. The second-order valence-electron chi connectivity index (χ2n) is 6.81. The van der Waals surface area contributed by atoms with Crippen molar-refractivity contribution in [2.24, 2.45) is 4.99 Å². The molecule has 8 heteroatoms. The highest BCUT2D eigenvalue weighted by molar-refractivity contribution is 6.25.